The smallest absolute Gasteiger partial charge is 0.338 e. The minimum atomic E-state index is -1.54. The van der Waals surface area contributed by atoms with Gasteiger partial charge in [-0.2, -0.15) is 0 Å². The van der Waals surface area contributed by atoms with E-state index in [2.05, 4.69) is 10.3 Å². The van der Waals surface area contributed by atoms with Gasteiger partial charge in [-0.15, -0.1) is 5.10 Å². The number of rotatable bonds is 6. The van der Waals surface area contributed by atoms with Crippen LogP contribution in [-0.4, -0.2) is 57.8 Å². The zero-order valence-corrected chi connectivity index (χ0v) is 16.2. The van der Waals surface area contributed by atoms with Crippen LogP contribution < -0.4 is 0 Å². The average Bonchev–Trinajstić information content (AvgIpc) is 3.24. The third kappa shape index (κ3) is 4.43. The maximum absolute atomic E-state index is 12.4. The summed E-state index contributed by atoms with van der Waals surface area (Å²) in [7, 11) is 0. The van der Waals surface area contributed by atoms with Crippen LogP contribution in [0.5, 0.6) is 0 Å². The monoisotopic (exact) mass is 403 g/mol. The van der Waals surface area contributed by atoms with Crippen LogP contribution in [0.1, 0.15) is 36.1 Å². The van der Waals surface area contributed by atoms with Gasteiger partial charge in [0.2, 0.25) is 5.60 Å². The summed E-state index contributed by atoms with van der Waals surface area (Å²) in [6.07, 6.45) is -0.501. The van der Waals surface area contributed by atoms with Crippen molar-refractivity contribution < 1.29 is 33.3 Å². The van der Waals surface area contributed by atoms with Crippen LogP contribution in [-0.2, 0) is 28.5 Å². The Hall–Kier alpha value is -3.27. The number of carbonyl (C=O) groups is 3. The van der Waals surface area contributed by atoms with E-state index in [0.29, 0.717) is 11.3 Å². The number of carbonyl (C=O) groups excluding carboxylic acids is 3. The van der Waals surface area contributed by atoms with E-state index < -0.39 is 35.8 Å². The Balaban J connectivity index is 1.89. The van der Waals surface area contributed by atoms with Crippen molar-refractivity contribution in [3.05, 3.63) is 47.8 Å². The largest absolute Gasteiger partial charge is 0.458 e. The zero-order chi connectivity index (χ0) is 21.0. The third-order valence-electron chi connectivity index (χ3n) is 4.37. The summed E-state index contributed by atoms with van der Waals surface area (Å²) in [5.74, 6) is -1.87. The molecule has 1 aliphatic heterocycles. The fourth-order valence-corrected chi connectivity index (χ4v) is 3.12. The molecule has 2 heterocycles. The summed E-state index contributed by atoms with van der Waals surface area (Å²) in [6.45, 7) is 3.63. The van der Waals surface area contributed by atoms with Gasteiger partial charge in [-0.1, -0.05) is 23.4 Å². The molecule has 1 fully saturated rings. The molecule has 10 heteroatoms. The fraction of sp³-hybridized carbons (Fsp3) is 0.421. The van der Waals surface area contributed by atoms with Crippen molar-refractivity contribution in [3.8, 4) is 0 Å². The summed E-state index contributed by atoms with van der Waals surface area (Å²) in [5, 5.41) is 7.75. The van der Waals surface area contributed by atoms with Gasteiger partial charge < -0.3 is 18.9 Å². The minimum Gasteiger partial charge on any atom is -0.458 e. The molecule has 1 aliphatic rings. The highest BCUT2D eigenvalue weighted by atomic mass is 16.7. The highest BCUT2D eigenvalue weighted by Gasteiger charge is 2.57. The van der Waals surface area contributed by atoms with E-state index in [1.807, 2.05) is 0 Å². The number of benzene rings is 1. The maximum Gasteiger partial charge on any atom is 0.338 e. The molecular weight excluding hydrogens is 382 g/mol. The van der Waals surface area contributed by atoms with Gasteiger partial charge in [-0.05, 0) is 19.1 Å². The van der Waals surface area contributed by atoms with Gasteiger partial charge in [-0.3, -0.25) is 9.59 Å². The lowest BCUT2D eigenvalue weighted by atomic mass is 9.99. The van der Waals surface area contributed by atoms with Crippen molar-refractivity contribution in [2.45, 2.75) is 38.7 Å². The standard InChI is InChI=1S/C19H21N3O7/c1-12-9-20-21-22(12)17-16(28-13(2)23)19(10-26-17,29-14(3)24)11-27-18(25)15-7-5-4-6-8-15/h4-9,16-17H,10-11H2,1-3H3/t16-,17+,19-/m0/s1. The number of aromatic nitrogens is 3. The summed E-state index contributed by atoms with van der Waals surface area (Å²) >= 11 is 0. The molecule has 0 N–H and O–H groups in total. The summed E-state index contributed by atoms with van der Waals surface area (Å²) in [5.41, 5.74) is -0.561. The highest BCUT2D eigenvalue weighted by molar-refractivity contribution is 5.89. The fourth-order valence-electron chi connectivity index (χ4n) is 3.12. The maximum atomic E-state index is 12.4. The van der Waals surface area contributed by atoms with Crippen LogP contribution in [0.25, 0.3) is 0 Å². The van der Waals surface area contributed by atoms with Crippen molar-refractivity contribution in [2.75, 3.05) is 13.2 Å². The van der Waals surface area contributed by atoms with Gasteiger partial charge in [0.25, 0.3) is 0 Å². The third-order valence-corrected chi connectivity index (χ3v) is 4.37. The Bertz CT molecular complexity index is 898. The number of hydrogen-bond donors (Lipinski definition) is 0. The van der Waals surface area contributed by atoms with Gasteiger partial charge in [0.1, 0.15) is 6.61 Å². The molecule has 3 rings (SSSR count). The molecule has 0 bridgehead atoms. The quantitative estimate of drug-likeness (QED) is 0.518. The molecule has 0 aliphatic carbocycles. The Morgan fingerprint density at radius 1 is 1.21 bits per heavy atom. The molecule has 0 spiro atoms. The molecule has 1 aromatic heterocycles. The molecule has 0 unspecified atom stereocenters. The normalized spacial score (nSPS) is 23.4. The van der Waals surface area contributed by atoms with Gasteiger partial charge in [0.15, 0.2) is 12.3 Å². The van der Waals surface area contributed by atoms with Gasteiger partial charge in [0, 0.05) is 13.8 Å². The molecule has 0 radical (unpaired) electrons. The second-order valence-electron chi connectivity index (χ2n) is 6.65. The predicted octanol–water partition coefficient (Wildman–Crippen LogP) is 1.21. The number of esters is 3. The Morgan fingerprint density at radius 3 is 2.52 bits per heavy atom. The van der Waals surface area contributed by atoms with E-state index in [1.165, 1.54) is 24.7 Å². The van der Waals surface area contributed by atoms with Crippen molar-refractivity contribution in [2.24, 2.45) is 0 Å². The van der Waals surface area contributed by atoms with Crippen molar-refractivity contribution >= 4 is 17.9 Å². The number of nitrogens with zero attached hydrogens (tertiary/aromatic N) is 3. The zero-order valence-electron chi connectivity index (χ0n) is 16.2. The molecule has 29 heavy (non-hydrogen) atoms. The molecule has 1 aromatic carbocycles. The lowest BCUT2D eigenvalue weighted by Gasteiger charge is -2.33. The van der Waals surface area contributed by atoms with E-state index in [-0.39, 0.29) is 13.2 Å². The summed E-state index contributed by atoms with van der Waals surface area (Å²) in [4.78, 5) is 36.0. The Labute approximate surface area is 166 Å². The van der Waals surface area contributed by atoms with Crippen molar-refractivity contribution in [3.63, 3.8) is 0 Å². The molecular formula is C19H21N3O7. The van der Waals surface area contributed by atoms with Crippen LogP contribution in [0.2, 0.25) is 0 Å². The predicted molar refractivity (Wildman–Crippen MR) is 96.5 cm³/mol. The molecule has 0 saturated carbocycles. The molecule has 10 nitrogen and oxygen atoms in total. The second kappa shape index (κ2) is 8.39. The van der Waals surface area contributed by atoms with Crippen LogP contribution in [0.15, 0.2) is 36.5 Å². The summed E-state index contributed by atoms with van der Waals surface area (Å²) in [6, 6.07) is 8.35. The molecule has 2 aromatic rings. The first-order valence-electron chi connectivity index (χ1n) is 8.90. The lowest BCUT2D eigenvalue weighted by Crippen LogP contribution is -2.52. The van der Waals surface area contributed by atoms with Gasteiger partial charge in [-0.25, -0.2) is 9.48 Å². The average molecular weight is 403 g/mol. The molecule has 1 saturated heterocycles. The van der Waals surface area contributed by atoms with Crippen LogP contribution in [0, 0.1) is 6.92 Å². The van der Waals surface area contributed by atoms with Gasteiger partial charge in [0.05, 0.1) is 24.1 Å². The lowest BCUT2D eigenvalue weighted by molar-refractivity contribution is -0.186. The van der Waals surface area contributed by atoms with E-state index in [1.54, 1.807) is 37.3 Å². The molecule has 154 valence electrons. The highest BCUT2D eigenvalue weighted by Crippen LogP contribution is 2.38. The number of hydrogen-bond acceptors (Lipinski definition) is 9. The van der Waals surface area contributed by atoms with Crippen LogP contribution in [0.4, 0.5) is 0 Å². The van der Waals surface area contributed by atoms with Crippen LogP contribution in [0.3, 0.4) is 0 Å². The molecule has 3 atom stereocenters. The van der Waals surface area contributed by atoms with Crippen molar-refractivity contribution in [1.82, 2.24) is 15.0 Å². The Morgan fingerprint density at radius 2 is 1.93 bits per heavy atom. The first-order valence-corrected chi connectivity index (χ1v) is 8.90. The van der Waals surface area contributed by atoms with E-state index in [4.69, 9.17) is 18.9 Å². The van der Waals surface area contributed by atoms with E-state index in [0.717, 1.165) is 0 Å². The number of ether oxygens (including phenoxy) is 4. The Kier molecular flexibility index (Phi) is 5.92. The topological polar surface area (TPSA) is 119 Å². The first kappa shape index (κ1) is 20.5. The van der Waals surface area contributed by atoms with Crippen molar-refractivity contribution in [1.29, 1.82) is 0 Å². The number of aryl methyl sites for hydroxylation is 1. The van der Waals surface area contributed by atoms with Crippen LogP contribution >= 0.6 is 0 Å². The minimum absolute atomic E-state index is 0.170. The van der Waals surface area contributed by atoms with Gasteiger partial charge >= 0.3 is 17.9 Å². The summed E-state index contributed by atoms with van der Waals surface area (Å²) < 4.78 is 23.5. The van der Waals surface area contributed by atoms with E-state index in [9.17, 15) is 14.4 Å². The first-order chi connectivity index (χ1) is 13.8. The van der Waals surface area contributed by atoms with E-state index >= 15 is 0 Å². The second-order valence-corrected chi connectivity index (χ2v) is 6.65. The molecule has 0 amide bonds. The SMILES string of the molecule is CC(=O)O[C@H]1[C@H](n2nncc2C)OC[C@@]1(COC(=O)c1ccccc1)OC(C)=O.